The topological polar surface area (TPSA) is 65.1 Å². The van der Waals surface area contributed by atoms with Crippen LogP contribution in [0, 0.1) is 20.8 Å². The number of fused-ring (bicyclic) bond motifs is 1. The Balaban J connectivity index is 0.00000243. The lowest BCUT2D eigenvalue weighted by Crippen LogP contribution is -2.37. The van der Waals surface area contributed by atoms with E-state index in [-0.39, 0.29) is 24.0 Å². The summed E-state index contributed by atoms with van der Waals surface area (Å²) in [6.07, 6.45) is 3.05. The average Bonchev–Trinajstić information content (AvgIpc) is 3.15. The van der Waals surface area contributed by atoms with E-state index in [1.54, 1.807) is 18.4 Å². The molecular formula is C19H26IN5S. The minimum atomic E-state index is 0. The van der Waals surface area contributed by atoms with Crippen molar-refractivity contribution < 1.29 is 0 Å². The maximum absolute atomic E-state index is 4.55. The number of rotatable bonds is 5. The van der Waals surface area contributed by atoms with Crippen molar-refractivity contribution in [1.82, 2.24) is 20.6 Å². The molecule has 0 unspecified atom stereocenters. The molecule has 3 N–H and O–H groups in total. The van der Waals surface area contributed by atoms with Crippen LogP contribution in [0.3, 0.4) is 0 Å². The number of thiazole rings is 1. The van der Waals surface area contributed by atoms with Crippen LogP contribution in [-0.4, -0.2) is 29.5 Å². The molecule has 0 spiro atoms. The Bertz CT molecular complexity index is 877. The van der Waals surface area contributed by atoms with Crippen LogP contribution in [-0.2, 0) is 13.0 Å². The van der Waals surface area contributed by atoms with Crippen LogP contribution >= 0.6 is 35.3 Å². The zero-order chi connectivity index (χ0) is 17.8. The van der Waals surface area contributed by atoms with Gasteiger partial charge in [-0.2, -0.15) is 0 Å². The van der Waals surface area contributed by atoms with E-state index in [9.17, 15) is 0 Å². The molecule has 0 fully saturated rings. The van der Waals surface area contributed by atoms with Gasteiger partial charge in [0.1, 0.15) is 5.01 Å². The summed E-state index contributed by atoms with van der Waals surface area (Å²) >= 11 is 1.73. The molecule has 0 bridgehead atoms. The Morgan fingerprint density at radius 3 is 2.73 bits per heavy atom. The number of nitrogens with one attached hydrogen (secondary N) is 3. The molecule has 0 aliphatic carbocycles. The van der Waals surface area contributed by atoms with E-state index in [1.807, 2.05) is 6.92 Å². The second-order valence-electron chi connectivity index (χ2n) is 6.16. The number of aromatic amines is 1. The summed E-state index contributed by atoms with van der Waals surface area (Å²) < 4.78 is 0. The Kier molecular flexibility index (Phi) is 7.45. The Labute approximate surface area is 175 Å². The molecule has 1 aromatic carbocycles. The van der Waals surface area contributed by atoms with Crippen LogP contribution in [0.5, 0.6) is 0 Å². The molecule has 0 aliphatic heterocycles. The number of H-pyrrole nitrogens is 1. The second kappa shape index (κ2) is 9.36. The zero-order valence-electron chi connectivity index (χ0n) is 15.6. The number of halogens is 1. The minimum absolute atomic E-state index is 0. The molecule has 0 atom stereocenters. The third-order valence-corrected chi connectivity index (χ3v) is 5.46. The quantitative estimate of drug-likeness (QED) is 0.291. The average molecular weight is 483 g/mol. The van der Waals surface area contributed by atoms with Crippen molar-refractivity contribution >= 4 is 52.2 Å². The van der Waals surface area contributed by atoms with E-state index < -0.39 is 0 Å². The van der Waals surface area contributed by atoms with Gasteiger partial charge in [0, 0.05) is 35.6 Å². The highest BCUT2D eigenvalue weighted by Gasteiger charge is 2.07. The van der Waals surface area contributed by atoms with Gasteiger partial charge in [-0.3, -0.25) is 4.99 Å². The molecule has 3 rings (SSSR count). The van der Waals surface area contributed by atoms with Gasteiger partial charge in [-0.05, 0) is 44.4 Å². The van der Waals surface area contributed by atoms with Crippen LogP contribution in [0.15, 0.2) is 29.4 Å². The minimum Gasteiger partial charge on any atom is -0.361 e. The normalized spacial score (nSPS) is 11.5. The first-order valence-corrected chi connectivity index (χ1v) is 9.33. The van der Waals surface area contributed by atoms with E-state index in [1.165, 1.54) is 26.9 Å². The van der Waals surface area contributed by atoms with Gasteiger partial charge in [0.2, 0.25) is 0 Å². The van der Waals surface area contributed by atoms with Gasteiger partial charge in [-0.25, -0.2) is 4.98 Å². The van der Waals surface area contributed by atoms with Crippen LogP contribution in [0.2, 0.25) is 0 Å². The second-order valence-corrected chi connectivity index (χ2v) is 7.45. The summed E-state index contributed by atoms with van der Waals surface area (Å²) in [5.74, 6) is 0.807. The van der Waals surface area contributed by atoms with Crippen molar-refractivity contribution in [3.05, 3.63) is 51.1 Å². The van der Waals surface area contributed by atoms with E-state index in [2.05, 4.69) is 63.8 Å². The monoisotopic (exact) mass is 483 g/mol. The van der Waals surface area contributed by atoms with Gasteiger partial charge in [-0.15, -0.1) is 35.3 Å². The predicted octanol–water partition coefficient (Wildman–Crippen LogP) is 4.08. The number of aryl methyl sites for hydroxylation is 3. The number of guanidine groups is 1. The van der Waals surface area contributed by atoms with Crippen LogP contribution < -0.4 is 10.6 Å². The van der Waals surface area contributed by atoms with Gasteiger partial charge >= 0.3 is 0 Å². The summed E-state index contributed by atoms with van der Waals surface area (Å²) in [6.45, 7) is 7.84. The smallest absolute Gasteiger partial charge is 0.191 e. The molecular weight excluding hydrogens is 457 g/mol. The molecule has 2 aromatic heterocycles. The SMILES string of the molecule is CN=C(NCCc1c[nH]c2cccc(C)c12)NCc1nc(C)c(C)s1.I. The fourth-order valence-corrected chi connectivity index (χ4v) is 3.83. The molecule has 5 nitrogen and oxygen atoms in total. The number of hydrogen-bond donors (Lipinski definition) is 3. The fourth-order valence-electron chi connectivity index (χ4n) is 2.96. The summed E-state index contributed by atoms with van der Waals surface area (Å²) in [5.41, 5.74) is 4.96. The number of aliphatic imine (C=N–C) groups is 1. The van der Waals surface area contributed by atoms with Crippen molar-refractivity contribution in [2.45, 2.75) is 33.7 Å². The van der Waals surface area contributed by atoms with Gasteiger partial charge in [0.25, 0.3) is 0 Å². The van der Waals surface area contributed by atoms with Crippen LogP contribution in [0.1, 0.15) is 26.7 Å². The third-order valence-electron chi connectivity index (χ3n) is 4.39. The Morgan fingerprint density at radius 1 is 1.23 bits per heavy atom. The lowest BCUT2D eigenvalue weighted by molar-refractivity contribution is 0.792. The molecule has 3 aromatic rings. The van der Waals surface area contributed by atoms with Crippen molar-refractivity contribution in [3.8, 4) is 0 Å². The molecule has 2 heterocycles. The molecule has 0 saturated carbocycles. The third kappa shape index (κ3) is 4.76. The molecule has 0 aliphatic rings. The maximum Gasteiger partial charge on any atom is 0.191 e. The van der Waals surface area contributed by atoms with E-state index in [0.29, 0.717) is 6.54 Å². The lowest BCUT2D eigenvalue weighted by Gasteiger charge is -2.11. The Morgan fingerprint density at radius 2 is 2.04 bits per heavy atom. The first kappa shape index (κ1) is 20.7. The van der Waals surface area contributed by atoms with Crippen molar-refractivity contribution in [2.24, 2.45) is 4.99 Å². The van der Waals surface area contributed by atoms with Crippen molar-refractivity contribution in [3.63, 3.8) is 0 Å². The van der Waals surface area contributed by atoms with Crippen molar-refractivity contribution in [2.75, 3.05) is 13.6 Å². The van der Waals surface area contributed by atoms with E-state index in [4.69, 9.17) is 0 Å². The molecule has 140 valence electrons. The standard InChI is InChI=1S/C19H25N5S.HI/c1-12-6-5-7-16-18(12)15(10-22-16)8-9-21-19(20-4)23-11-17-24-13(2)14(3)25-17;/h5-7,10,22H,8-9,11H2,1-4H3,(H2,20,21,23);1H. The largest absolute Gasteiger partial charge is 0.361 e. The molecule has 0 saturated heterocycles. The van der Waals surface area contributed by atoms with Gasteiger partial charge in [0.15, 0.2) is 5.96 Å². The molecule has 26 heavy (non-hydrogen) atoms. The van der Waals surface area contributed by atoms with Gasteiger partial charge < -0.3 is 15.6 Å². The number of benzene rings is 1. The maximum atomic E-state index is 4.55. The number of hydrogen-bond acceptors (Lipinski definition) is 3. The number of nitrogens with zero attached hydrogens (tertiary/aromatic N) is 2. The van der Waals surface area contributed by atoms with E-state index in [0.717, 1.165) is 29.6 Å². The van der Waals surface area contributed by atoms with Crippen LogP contribution in [0.4, 0.5) is 0 Å². The van der Waals surface area contributed by atoms with Crippen molar-refractivity contribution in [1.29, 1.82) is 0 Å². The zero-order valence-corrected chi connectivity index (χ0v) is 18.8. The predicted molar refractivity (Wildman–Crippen MR) is 122 cm³/mol. The molecule has 0 radical (unpaired) electrons. The number of aromatic nitrogens is 2. The highest BCUT2D eigenvalue weighted by Crippen LogP contribution is 2.22. The molecule has 0 amide bonds. The molecule has 7 heteroatoms. The van der Waals surface area contributed by atoms with Gasteiger partial charge in [-0.1, -0.05) is 12.1 Å². The first-order valence-electron chi connectivity index (χ1n) is 8.51. The fraction of sp³-hybridized carbons (Fsp3) is 0.368. The summed E-state index contributed by atoms with van der Waals surface area (Å²) in [5, 5.41) is 9.14. The van der Waals surface area contributed by atoms with Crippen LogP contribution in [0.25, 0.3) is 10.9 Å². The highest BCUT2D eigenvalue weighted by molar-refractivity contribution is 14.0. The highest BCUT2D eigenvalue weighted by atomic mass is 127. The first-order chi connectivity index (χ1) is 12.1. The summed E-state index contributed by atoms with van der Waals surface area (Å²) in [4.78, 5) is 13.5. The Hall–Kier alpha value is -1.61. The summed E-state index contributed by atoms with van der Waals surface area (Å²) in [6, 6.07) is 6.37. The summed E-state index contributed by atoms with van der Waals surface area (Å²) in [7, 11) is 1.80. The lowest BCUT2D eigenvalue weighted by atomic mass is 10.1. The van der Waals surface area contributed by atoms with E-state index >= 15 is 0 Å². The van der Waals surface area contributed by atoms with Gasteiger partial charge in [0.05, 0.1) is 12.2 Å².